The Morgan fingerprint density at radius 1 is 1.75 bits per heavy atom. The summed E-state index contributed by atoms with van der Waals surface area (Å²) in [5.41, 5.74) is -0.431. The van der Waals surface area contributed by atoms with Gasteiger partial charge in [0, 0.05) is 0 Å². The Morgan fingerprint density at radius 2 is 2.08 bits per heavy atom. The van der Waals surface area contributed by atoms with E-state index in [9.17, 15) is 4.79 Å². The van der Waals surface area contributed by atoms with Gasteiger partial charge in [-0.05, 0) is 6.92 Å². The maximum absolute atomic E-state index is 9.61. The molecule has 0 aliphatic rings. The fourth-order valence-corrected chi connectivity index (χ4v) is 0.0478. The van der Waals surface area contributed by atoms with Crippen molar-refractivity contribution < 1.29 is 20.1 Å². The summed E-state index contributed by atoms with van der Waals surface area (Å²) in [4.78, 5) is 9.61. The van der Waals surface area contributed by atoms with Crippen molar-refractivity contribution in [3.63, 3.8) is 0 Å². The molecule has 0 amide bonds. The number of aliphatic hydroxyl groups excluding tert-OH is 2. The van der Waals surface area contributed by atoms with E-state index in [1.54, 1.807) is 0 Å². The molecule has 0 aromatic heterocycles. The lowest BCUT2D eigenvalue weighted by Crippen LogP contribution is -2.03. The molecule has 0 aliphatic heterocycles. The van der Waals surface area contributed by atoms with E-state index in [1.807, 2.05) is 0 Å². The Balaban J connectivity index is 0. The highest BCUT2D eigenvalue weighted by Gasteiger charge is 1.97. The van der Waals surface area contributed by atoms with Crippen molar-refractivity contribution in [3.8, 4) is 6.07 Å². The van der Waals surface area contributed by atoms with E-state index in [2.05, 4.69) is 6.58 Å². The average molecular weight is 173 g/mol. The lowest BCUT2D eigenvalue weighted by atomic mass is 10.4. The third-order valence-electron chi connectivity index (χ3n) is 0.657. The molecule has 12 heavy (non-hydrogen) atoms. The van der Waals surface area contributed by atoms with Gasteiger partial charge in [-0.15, -0.1) is 0 Å². The van der Waals surface area contributed by atoms with Crippen LogP contribution in [0.25, 0.3) is 0 Å². The minimum atomic E-state index is -1.26. The first-order valence-electron chi connectivity index (χ1n) is 3.06. The molecule has 0 saturated heterocycles. The minimum Gasteiger partial charge on any atom is -0.477 e. The predicted octanol–water partition coefficient (Wildman–Crippen LogP) is -0.490. The van der Waals surface area contributed by atoms with E-state index in [0.29, 0.717) is 0 Å². The van der Waals surface area contributed by atoms with Crippen molar-refractivity contribution in [1.29, 1.82) is 5.26 Å². The smallest absolute Gasteiger partial charge is 0.345 e. The summed E-state index contributed by atoms with van der Waals surface area (Å²) in [7, 11) is 0. The number of rotatable bonds is 2. The Kier molecular flexibility index (Phi) is 8.51. The fraction of sp³-hybridized carbons (Fsp3) is 0.429. The lowest BCUT2D eigenvalue weighted by Gasteiger charge is -1.90. The van der Waals surface area contributed by atoms with Crippen molar-refractivity contribution >= 4 is 5.97 Å². The van der Waals surface area contributed by atoms with Crippen LogP contribution in [-0.4, -0.2) is 34.0 Å². The molecule has 0 aromatic rings. The van der Waals surface area contributed by atoms with E-state index >= 15 is 0 Å². The largest absolute Gasteiger partial charge is 0.477 e. The zero-order valence-corrected chi connectivity index (χ0v) is 6.69. The first-order valence-corrected chi connectivity index (χ1v) is 3.06. The van der Waals surface area contributed by atoms with Crippen LogP contribution in [-0.2, 0) is 4.79 Å². The molecule has 0 radical (unpaired) electrons. The number of nitrogens with zero attached hydrogens (tertiary/aromatic N) is 1. The molecule has 0 bridgehead atoms. The zero-order chi connectivity index (χ0) is 10.1. The van der Waals surface area contributed by atoms with Crippen LogP contribution in [0.1, 0.15) is 6.92 Å². The molecule has 0 aromatic carbocycles. The molecule has 0 rings (SSSR count). The molecule has 0 spiro atoms. The zero-order valence-electron chi connectivity index (χ0n) is 6.69. The highest BCUT2D eigenvalue weighted by Crippen LogP contribution is 1.81. The van der Waals surface area contributed by atoms with Crippen molar-refractivity contribution in [3.05, 3.63) is 12.2 Å². The van der Waals surface area contributed by atoms with Crippen molar-refractivity contribution in [1.82, 2.24) is 0 Å². The number of aliphatic carboxylic acids is 1. The van der Waals surface area contributed by atoms with E-state index in [1.165, 1.54) is 13.0 Å². The van der Waals surface area contributed by atoms with Gasteiger partial charge in [-0.25, -0.2) is 4.79 Å². The van der Waals surface area contributed by atoms with Gasteiger partial charge in [0.15, 0.2) is 0 Å². The Morgan fingerprint density at radius 3 is 2.08 bits per heavy atom. The van der Waals surface area contributed by atoms with Crippen LogP contribution in [0.4, 0.5) is 0 Å². The predicted molar refractivity (Wildman–Crippen MR) is 41.2 cm³/mol. The molecule has 5 nitrogen and oxygen atoms in total. The first kappa shape index (κ1) is 13.2. The van der Waals surface area contributed by atoms with Crippen LogP contribution >= 0.6 is 0 Å². The van der Waals surface area contributed by atoms with Gasteiger partial charge in [-0.3, -0.25) is 0 Å². The van der Waals surface area contributed by atoms with Crippen molar-refractivity contribution in [2.75, 3.05) is 6.61 Å². The van der Waals surface area contributed by atoms with E-state index in [4.69, 9.17) is 20.6 Å². The summed E-state index contributed by atoms with van der Waals surface area (Å²) in [5, 5.41) is 31.6. The summed E-state index contributed by atoms with van der Waals surface area (Å²) in [6.07, 6.45) is -0.560. The monoisotopic (exact) mass is 173 g/mol. The van der Waals surface area contributed by atoms with Crippen molar-refractivity contribution in [2.24, 2.45) is 0 Å². The number of carboxylic acids is 1. The van der Waals surface area contributed by atoms with Gasteiger partial charge in [-0.1, -0.05) is 6.58 Å². The van der Waals surface area contributed by atoms with Crippen LogP contribution in [0.3, 0.4) is 0 Å². The second-order valence-corrected chi connectivity index (χ2v) is 1.93. The second-order valence-electron chi connectivity index (χ2n) is 1.93. The summed E-state index contributed by atoms with van der Waals surface area (Å²) in [5.74, 6) is -1.26. The Bertz CT molecular complexity index is 192. The van der Waals surface area contributed by atoms with Crippen LogP contribution in [0.2, 0.25) is 0 Å². The van der Waals surface area contributed by atoms with Gasteiger partial charge in [0.25, 0.3) is 0 Å². The maximum Gasteiger partial charge on any atom is 0.345 e. The highest BCUT2D eigenvalue weighted by atomic mass is 16.4. The van der Waals surface area contributed by atoms with Gasteiger partial charge < -0.3 is 15.3 Å². The third kappa shape index (κ3) is 11.4. The number of nitriles is 1. The van der Waals surface area contributed by atoms with E-state index in [-0.39, 0.29) is 6.61 Å². The molecule has 3 N–H and O–H groups in total. The van der Waals surface area contributed by atoms with Gasteiger partial charge in [0.05, 0.1) is 12.7 Å². The fourth-order valence-electron chi connectivity index (χ4n) is 0.0478. The lowest BCUT2D eigenvalue weighted by molar-refractivity contribution is -0.132. The molecule has 0 saturated carbocycles. The van der Waals surface area contributed by atoms with Crippen LogP contribution < -0.4 is 0 Å². The van der Waals surface area contributed by atoms with Gasteiger partial charge in [-0.2, -0.15) is 5.26 Å². The molecule has 0 fully saturated rings. The Hall–Kier alpha value is -1.38. The molecule has 0 heterocycles. The summed E-state index contributed by atoms with van der Waals surface area (Å²) in [6.45, 7) is 4.30. The Labute approximate surface area is 70.2 Å². The number of hydrogen-bond donors (Lipinski definition) is 3. The summed E-state index contributed by atoms with van der Waals surface area (Å²) >= 11 is 0. The van der Waals surface area contributed by atoms with Crippen molar-refractivity contribution in [2.45, 2.75) is 13.0 Å². The quantitative estimate of drug-likeness (QED) is 0.386. The highest BCUT2D eigenvalue weighted by molar-refractivity contribution is 5.90. The van der Waals surface area contributed by atoms with Gasteiger partial charge in [0.2, 0.25) is 0 Å². The molecule has 68 valence electrons. The molecule has 0 aliphatic carbocycles. The van der Waals surface area contributed by atoms with Crippen LogP contribution in [0.5, 0.6) is 0 Å². The number of hydrogen-bond acceptors (Lipinski definition) is 4. The van der Waals surface area contributed by atoms with E-state index < -0.39 is 17.6 Å². The standard InChI is InChI=1S/C4H3NO2.C3H8O2/c1-3(2-5)4(6)7;1-3(5)2-4/h1H2,(H,6,7);3-5H,2H2,1H3. The van der Waals surface area contributed by atoms with Gasteiger partial charge in [0.1, 0.15) is 11.6 Å². The number of carboxylic acid groups (broad SMARTS) is 1. The third-order valence-corrected chi connectivity index (χ3v) is 0.657. The minimum absolute atomic E-state index is 0.139. The molecule has 5 heteroatoms. The second kappa shape index (κ2) is 7.72. The average Bonchev–Trinajstić information content (AvgIpc) is 2.04. The summed E-state index contributed by atoms with van der Waals surface area (Å²) in [6, 6.07) is 1.37. The van der Waals surface area contributed by atoms with Gasteiger partial charge >= 0.3 is 5.97 Å². The SMILES string of the molecule is C=C(C#N)C(=O)O.CC(O)CO. The van der Waals surface area contributed by atoms with Crippen LogP contribution in [0.15, 0.2) is 12.2 Å². The molecule has 1 unspecified atom stereocenters. The normalized spacial score (nSPS) is 10.2. The number of aliphatic hydroxyl groups is 2. The maximum atomic E-state index is 9.61. The van der Waals surface area contributed by atoms with Crippen LogP contribution in [0, 0.1) is 11.3 Å². The number of carbonyl (C=O) groups is 1. The topological polar surface area (TPSA) is 102 Å². The summed E-state index contributed by atoms with van der Waals surface area (Å²) < 4.78 is 0. The van der Waals surface area contributed by atoms with E-state index in [0.717, 1.165) is 0 Å². The molecule has 1 atom stereocenters. The molecular formula is C7H11NO4. The first-order chi connectivity index (χ1) is 5.45. The molecular weight excluding hydrogens is 162 g/mol.